The van der Waals surface area contributed by atoms with Gasteiger partial charge in [0.2, 0.25) is 0 Å². The van der Waals surface area contributed by atoms with Crippen LogP contribution >= 0.6 is 0 Å². The van der Waals surface area contributed by atoms with Crippen LogP contribution in [0.3, 0.4) is 0 Å². The van der Waals surface area contributed by atoms with Crippen LogP contribution in [0.25, 0.3) is 0 Å². The number of unbranched alkanes of at least 4 members (excludes halogenated alkanes) is 22. The highest BCUT2D eigenvalue weighted by molar-refractivity contribution is 5.71. The van der Waals surface area contributed by atoms with E-state index in [-0.39, 0.29) is 31.1 Å². The number of carbonyl (C=O) groups excluding carboxylic acids is 3. The average molecular weight is 723 g/mol. The molecule has 0 heterocycles. The third-order valence-corrected chi connectivity index (χ3v) is 10.7. The molecular formula is C45H86O6. The van der Waals surface area contributed by atoms with E-state index in [0.29, 0.717) is 19.3 Å². The first-order valence-electron chi connectivity index (χ1n) is 22.3. The van der Waals surface area contributed by atoms with Crippen molar-refractivity contribution in [1.29, 1.82) is 0 Å². The van der Waals surface area contributed by atoms with E-state index in [1.807, 2.05) is 0 Å². The number of ether oxygens (including phenoxy) is 3. The van der Waals surface area contributed by atoms with Gasteiger partial charge in [0.05, 0.1) is 0 Å². The first-order chi connectivity index (χ1) is 24.8. The van der Waals surface area contributed by atoms with E-state index < -0.39 is 6.10 Å². The molecule has 0 spiro atoms. The van der Waals surface area contributed by atoms with Gasteiger partial charge in [-0.25, -0.2) is 0 Å². The molecule has 0 amide bonds. The average Bonchev–Trinajstić information content (AvgIpc) is 3.13. The SMILES string of the molecule is CCCCCCCC(=O)OC[C@H](COC(=O)CCCCCCCCCCCCC(C)CC)OC(=O)CCCCCCCCCCCCC(C)CC. The molecule has 0 aliphatic carbocycles. The van der Waals surface area contributed by atoms with Crippen molar-refractivity contribution in [3.8, 4) is 0 Å². The molecule has 2 unspecified atom stereocenters. The van der Waals surface area contributed by atoms with E-state index in [2.05, 4.69) is 34.6 Å². The van der Waals surface area contributed by atoms with Crippen molar-refractivity contribution in [3.05, 3.63) is 0 Å². The molecule has 51 heavy (non-hydrogen) atoms. The van der Waals surface area contributed by atoms with Gasteiger partial charge in [0.15, 0.2) is 6.10 Å². The highest BCUT2D eigenvalue weighted by Gasteiger charge is 2.19. The van der Waals surface area contributed by atoms with Crippen LogP contribution in [0, 0.1) is 11.8 Å². The number of esters is 3. The van der Waals surface area contributed by atoms with E-state index in [0.717, 1.165) is 76.0 Å². The van der Waals surface area contributed by atoms with Crippen LogP contribution in [-0.4, -0.2) is 37.2 Å². The van der Waals surface area contributed by atoms with E-state index in [1.54, 1.807) is 0 Å². The summed E-state index contributed by atoms with van der Waals surface area (Å²) in [6.45, 7) is 11.3. The lowest BCUT2D eigenvalue weighted by Gasteiger charge is -2.18. The van der Waals surface area contributed by atoms with E-state index in [9.17, 15) is 14.4 Å². The predicted octanol–water partition coefficient (Wildman–Crippen LogP) is 13.8. The molecular weight excluding hydrogens is 636 g/mol. The summed E-state index contributed by atoms with van der Waals surface area (Å²) in [6.07, 6.45) is 35.3. The lowest BCUT2D eigenvalue weighted by Crippen LogP contribution is -2.30. The Kier molecular flexibility index (Phi) is 37.0. The van der Waals surface area contributed by atoms with Gasteiger partial charge in [0.1, 0.15) is 13.2 Å². The Morgan fingerprint density at radius 1 is 0.392 bits per heavy atom. The van der Waals surface area contributed by atoms with Gasteiger partial charge in [-0.15, -0.1) is 0 Å². The normalized spacial score (nSPS) is 13.1. The molecule has 0 N–H and O–H groups in total. The summed E-state index contributed by atoms with van der Waals surface area (Å²) >= 11 is 0. The van der Waals surface area contributed by atoms with Gasteiger partial charge < -0.3 is 14.2 Å². The second kappa shape index (κ2) is 38.1. The van der Waals surface area contributed by atoms with E-state index in [1.165, 1.54) is 122 Å². The number of hydrogen-bond acceptors (Lipinski definition) is 6. The first-order valence-corrected chi connectivity index (χ1v) is 22.3. The smallest absolute Gasteiger partial charge is 0.306 e. The van der Waals surface area contributed by atoms with Crippen LogP contribution < -0.4 is 0 Å². The highest BCUT2D eigenvalue weighted by atomic mass is 16.6. The standard InChI is InChI=1S/C45H86O6/c1-6-9-10-23-30-35-43(46)49-38-42(51-45(48)37-32-27-22-18-14-12-16-20-25-29-34-41(5)8-3)39-50-44(47)36-31-26-21-17-13-11-15-19-24-28-33-40(4)7-2/h40-42H,6-39H2,1-5H3/t40?,41?,42-/m1/s1. The molecule has 0 saturated heterocycles. The third-order valence-electron chi connectivity index (χ3n) is 10.7. The molecule has 0 aliphatic heterocycles. The Morgan fingerprint density at radius 3 is 1.02 bits per heavy atom. The van der Waals surface area contributed by atoms with Crippen molar-refractivity contribution in [3.63, 3.8) is 0 Å². The molecule has 6 heteroatoms. The fourth-order valence-electron chi connectivity index (χ4n) is 6.51. The molecule has 0 radical (unpaired) electrons. The Hall–Kier alpha value is -1.59. The monoisotopic (exact) mass is 723 g/mol. The van der Waals surface area contributed by atoms with Gasteiger partial charge in [-0.3, -0.25) is 14.4 Å². The molecule has 0 aromatic heterocycles. The van der Waals surface area contributed by atoms with Gasteiger partial charge in [-0.1, -0.05) is 202 Å². The number of rotatable bonds is 39. The summed E-state index contributed by atoms with van der Waals surface area (Å²) in [6, 6.07) is 0. The van der Waals surface area contributed by atoms with Crippen LogP contribution in [0.4, 0.5) is 0 Å². The van der Waals surface area contributed by atoms with Gasteiger partial charge in [-0.2, -0.15) is 0 Å². The van der Waals surface area contributed by atoms with E-state index in [4.69, 9.17) is 14.2 Å². The van der Waals surface area contributed by atoms with Gasteiger partial charge in [-0.05, 0) is 31.1 Å². The topological polar surface area (TPSA) is 78.9 Å². The molecule has 6 nitrogen and oxygen atoms in total. The maximum absolute atomic E-state index is 12.7. The van der Waals surface area contributed by atoms with E-state index >= 15 is 0 Å². The van der Waals surface area contributed by atoms with Crippen LogP contribution in [0.15, 0.2) is 0 Å². The zero-order valence-corrected chi connectivity index (χ0v) is 34.7. The van der Waals surface area contributed by atoms with Gasteiger partial charge in [0, 0.05) is 19.3 Å². The van der Waals surface area contributed by atoms with Crippen molar-refractivity contribution < 1.29 is 28.6 Å². The zero-order valence-electron chi connectivity index (χ0n) is 34.7. The molecule has 0 rings (SSSR count). The largest absolute Gasteiger partial charge is 0.462 e. The van der Waals surface area contributed by atoms with Crippen LogP contribution in [-0.2, 0) is 28.6 Å². The Labute approximate surface area is 317 Å². The lowest BCUT2D eigenvalue weighted by atomic mass is 9.99. The summed E-state index contributed by atoms with van der Waals surface area (Å²) in [5.74, 6) is 0.864. The summed E-state index contributed by atoms with van der Waals surface area (Å²) in [5.41, 5.74) is 0. The number of carbonyl (C=O) groups is 3. The lowest BCUT2D eigenvalue weighted by molar-refractivity contribution is -0.167. The summed E-state index contributed by atoms with van der Waals surface area (Å²) in [4.78, 5) is 37.4. The maximum Gasteiger partial charge on any atom is 0.306 e. The second-order valence-electron chi connectivity index (χ2n) is 15.8. The Balaban J connectivity index is 4.22. The minimum absolute atomic E-state index is 0.0661. The summed E-state index contributed by atoms with van der Waals surface area (Å²) < 4.78 is 16.6. The van der Waals surface area contributed by atoms with Gasteiger partial charge >= 0.3 is 17.9 Å². The van der Waals surface area contributed by atoms with Gasteiger partial charge in [0.25, 0.3) is 0 Å². The minimum atomic E-state index is -0.759. The summed E-state index contributed by atoms with van der Waals surface area (Å²) in [5, 5.41) is 0. The third kappa shape index (κ3) is 36.6. The molecule has 0 aromatic rings. The second-order valence-corrected chi connectivity index (χ2v) is 15.8. The van der Waals surface area contributed by atoms with Crippen LogP contribution in [0.2, 0.25) is 0 Å². The molecule has 302 valence electrons. The molecule has 0 aromatic carbocycles. The molecule has 0 saturated carbocycles. The Bertz CT molecular complexity index is 783. The van der Waals surface area contributed by atoms with Crippen LogP contribution in [0.5, 0.6) is 0 Å². The first kappa shape index (κ1) is 49.4. The molecule has 3 atom stereocenters. The fraction of sp³-hybridized carbons (Fsp3) is 0.933. The number of hydrogen-bond donors (Lipinski definition) is 0. The predicted molar refractivity (Wildman–Crippen MR) is 215 cm³/mol. The quantitative estimate of drug-likeness (QED) is 0.0357. The minimum Gasteiger partial charge on any atom is -0.462 e. The van der Waals surface area contributed by atoms with Crippen molar-refractivity contribution in [2.45, 2.75) is 246 Å². The fourth-order valence-corrected chi connectivity index (χ4v) is 6.51. The molecule has 0 aliphatic rings. The Morgan fingerprint density at radius 2 is 0.686 bits per heavy atom. The van der Waals surface area contributed by atoms with Crippen molar-refractivity contribution >= 4 is 17.9 Å². The van der Waals surface area contributed by atoms with Crippen molar-refractivity contribution in [1.82, 2.24) is 0 Å². The summed E-state index contributed by atoms with van der Waals surface area (Å²) in [7, 11) is 0. The highest BCUT2D eigenvalue weighted by Crippen LogP contribution is 2.17. The molecule has 0 fully saturated rings. The molecule has 0 bridgehead atoms. The van der Waals surface area contributed by atoms with Crippen LogP contribution in [0.1, 0.15) is 240 Å². The zero-order chi connectivity index (χ0) is 37.6. The van der Waals surface area contributed by atoms with Crippen molar-refractivity contribution in [2.24, 2.45) is 11.8 Å². The van der Waals surface area contributed by atoms with Crippen molar-refractivity contribution in [2.75, 3.05) is 13.2 Å². The maximum atomic E-state index is 12.7.